The molecule has 3 aliphatic rings. The second-order valence-corrected chi connectivity index (χ2v) is 7.24. The second kappa shape index (κ2) is 7.72. The summed E-state index contributed by atoms with van der Waals surface area (Å²) in [6, 6.07) is 5.99. The van der Waals surface area contributed by atoms with Gasteiger partial charge in [-0.1, -0.05) is 12.2 Å². The summed E-state index contributed by atoms with van der Waals surface area (Å²) in [5.41, 5.74) is 1.96. The van der Waals surface area contributed by atoms with Crippen LogP contribution in [0.4, 0.5) is 0 Å². The molecule has 1 aliphatic carbocycles. The van der Waals surface area contributed by atoms with E-state index in [1.165, 1.54) is 0 Å². The molecule has 1 aromatic carbocycles. The molecule has 0 bridgehead atoms. The van der Waals surface area contributed by atoms with Gasteiger partial charge in [0.25, 0.3) is 0 Å². The Kier molecular flexibility index (Phi) is 5.16. The average molecular weight is 370 g/mol. The molecule has 2 aliphatic heterocycles. The molecule has 1 amide bonds. The number of methoxy groups -OCH3 is 2. The molecule has 27 heavy (non-hydrogen) atoms. The number of nitrogens with zero attached hydrogens (tertiary/aromatic N) is 2. The third-order valence-electron chi connectivity index (χ3n) is 5.76. The Hall–Kier alpha value is -2.34. The normalized spacial score (nSPS) is 25.8. The molecule has 2 unspecified atom stereocenters. The minimum Gasteiger partial charge on any atom is -0.493 e. The van der Waals surface area contributed by atoms with E-state index in [4.69, 9.17) is 19.3 Å². The van der Waals surface area contributed by atoms with Crippen molar-refractivity contribution < 1.29 is 19.0 Å². The summed E-state index contributed by atoms with van der Waals surface area (Å²) in [5, 5.41) is 6.63. The number of hydrogen-bond donors (Lipinski definition) is 0. The van der Waals surface area contributed by atoms with Crippen LogP contribution in [0.2, 0.25) is 0 Å². The topological polar surface area (TPSA) is 60.4 Å². The van der Waals surface area contributed by atoms with Gasteiger partial charge in [0.15, 0.2) is 11.5 Å². The molecule has 1 aromatic rings. The van der Waals surface area contributed by atoms with E-state index < -0.39 is 0 Å². The van der Waals surface area contributed by atoms with Crippen LogP contribution in [-0.2, 0) is 9.53 Å². The fourth-order valence-electron chi connectivity index (χ4n) is 4.26. The molecule has 2 atom stereocenters. The van der Waals surface area contributed by atoms with Crippen LogP contribution in [-0.4, -0.2) is 50.1 Å². The SMILES string of the molecule is COc1ccc(C2=NN(C3CCOCC3)C(=O)C3CC=CCC23)cc1OC. The van der Waals surface area contributed by atoms with Crippen LogP contribution < -0.4 is 9.47 Å². The fraction of sp³-hybridized carbons (Fsp3) is 0.524. The van der Waals surface area contributed by atoms with Crippen LogP contribution in [0, 0.1) is 11.8 Å². The first-order valence-electron chi connectivity index (χ1n) is 9.59. The van der Waals surface area contributed by atoms with Crippen molar-refractivity contribution in [3.63, 3.8) is 0 Å². The predicted molar refractivity (Wildman–Crippen MR) is 102 cm³/mol. The van der Waals surface area contributed by atoms with Crippen LogP contribution in [0.1, 0.15) is 31.2 Å². The zero-order valence-electron chi connectivity index (χ0n) is 15.9. The quantitative estimate of drug-likeness (QED) is 0.765. The minimum absolute atomic E-state index is 0.0431. The second-order valence-electron chi connectivity index (χ2n) is 7.24. The highest BCUT2D eigenvalue weighted by Crippen LogP contribution is 2.38. The summed E-state index contributed by atoms with van der Waals surface area (Å²) in [5.74, 6) is 1.58. The lowest BCUT2D eigenvalue weighted by Crippen LogP contribution is -2.50. The molecule has 0 aromatic heterocycles. The van der Waals surface area contributed by atoms with E-state index in [0.717, 1.165) is 37.0 Å². The van der Waals surface area contributed by atoms with Gasteiger partial charge < -0.3 is 14.2 Å². The van der Waals surface area contributed by atoms with E-state index in [2.05, 4.69) is 12.2 Å². The lowest BCUT2D eigenvalue weighted by atomic mass is 9.76. The monoisotopic (exact) mass is 370 g/mol. The lowest BCUT2D eigenvalue weighted by molar-refractivity contribution is -0.142. The van der Waals surface area contributed by atoms with E-state index in [9.17, 15) is 4.79 Å². The maximum atomic E-state index is 13.2. The number of benzene rings is 1. The number of fused-ring (bicyclic) bond motifs is 1. The molecular formula is C21H26N2O4. The third-order valence-corrected chi connectivity index (χ3v) is 5.76. The molecule has 6 nitrogen and oxygen atoms in total. The minimum atomic E-state index is -0.0431. The van der Waals surface area contributed by atoms with Gasteiger partial charge >= 0.3 is 0 Å². The van der Waals surface area contributed by atoms with Crippen molar-refractivity contribution in [3.8, 4) is 11.5 Å². The lowest BCUT2D eigenvalue weighted by Gasteiger charge is -2.41. The zero-order chi connectivity index (χ0) is 18.8. The molecule has 4 rings (SSSR count). The van der Waals surface area contributed by atoms with Gasteiger partial charge in [0.2, 0.25) is 5.91 Å². The molecule has 1 saturated heterocycles. The van der Waals surface area contributed by atoms with Crippen molar-refractivity contribution in [2.75, 3.05) is 27.4 Å². The Labute approximate surface area is 159 Å². The zero-order valence-corrected chi connectivity index (χ0v) is 15.9. The number of carbonyl (C=O) groups is 1. The summed E-state index contributed by atoms with van der Waals surface area (Å²) in [7, 11) is 3.26. The van der Waals surface area contributed by atoms with Gasteiger partial charge in [0.05, 0.1) is 31.9 Å². The molecule has 0 N–H and O–H groups in total. The number of rotatable bonds is 4. The molecule has 144 valence electrons. The molecule has 0 saturated carbocycles. The summed E-state index contributed by atoms with van der Waals surface area (Å²) in [6.07, 6.45) is 7.57. The van der Waals surface area contributed by atoms with Gasteiger partial charge in [-0.2, -0.15) is 5.10 Å². The van der Waals surface area contributed by atoms with Gasteiger partial charge in [-0.3, -0.25) is 4.79 Å². The number of ether oxygens (including phenoxy) is 3. The Morgan fingerprint density at radius 2 is 1.74 bits per heavy atom. The summed E-state index contributed by atoms with van der Waals surface area (Å²) < 4.78 is 16.3. The average Bonchev–Trinajstić information content (AvgIpc) is 2.74. The third kappa shape index (κ3) is 3.34. The van der Waals surface area contributed by atoms with Gasteiger partial charge in [-0.05, 0) is 43.9 Å². The van der Waals surface area contributed by atoms with Crippen molar-refractivity contribution in [3.05, 3.63) is 35.9 Å². The summed E-state index contributed by atoms with van der Waals surface area (Å²) in [6.45, 7) is 1.37. The molecule has 2 heterocycles. The van der Waals surface area contributed by atoms with Crippen LogP contribution in [0.5, 0.6) is 11.5 Å². The maximum absolute atomic E-state index is 13.2. The van der Waals surface area contributed by atoms with Gasteiger partial charge in [-0.15, -0.1) is 0 Å². The van der Waals surface area contributed by atoms with Crippen LogP contribution in [0.25, 0.3) is 0 Å². The number of amides is 1. The fourth-order valence-corrected chi connectivity index (χ4v) is 4.26. The standard InChI is InChI=1S/C21H26N2O4/c1-25-18-8-7-14(13-19(18)26-2)20-16-5-3-4-6-17(16)21(24)23(22-20)15-9-11-27-12-10-15/h3-4,7-8,13,15-17H,5-6,9-12H2,1-2H3. The smallest absolute Gasteiger partial charge is 0.247 e. The van der Waals surface area contributed by atoms with E-state index in [1.807, 2.05) is 18.2 Å². The summed E-state index contributed by atoms with van der Waals surface area (Å²) >= 11 is 0. The van der Waals surface area contributed by atoms with Crippen LogP contribution in [0.3, 0.4) is 0 Å². The van der Waals surface area contributed by atoms with Crippen molar-refractivity contribution >= 4 is 11.6 Å². The highest BCUT2D eigenvalue weighted by Gasteiger charge is 2.42. The van der Waals surface area contributed by atoms with Crippen molar-refractivity contribution in [1.29, 1.82) is 0 Å². The van der Waals surface area contributed by atoms with E-state index in [1.54, 1.807) is 19.2 Å². The van der Waals surface area contributed by atoms with Gasteiger partial charge in [0.1, 0.15) is 0 Å². The first-order valence-corrected chi connectivity index (χ1v) is 9.59. The Morgan fingerprint density at radius 3 is 2.44 bits per heavy atom. The Morgan fingerprint density at radius 1 is 1.04 bits per heavy atom. The highest BCUT2D eigenvalue weighted by atomic mass is 16.5. The van der Waals surface area contributed by atoms with Gasteiger partial charge in [-0.25, -0.2) is 5.01 Å². The number of allylic oxidation sites excluding steroid dienone is 2. The Bertz CT molecular complexity index is 767. The van der Waals surface area contributed by atoms with Crippen molar-refractivity contribution in [1.82, 2.24) is 5.01 Å². The molecule has 0 radical (unpaired) electrons. The van der Waals surface area contributed by atoms with Gasteiger partial charge in [0, 0.05) is 24.7 Å². The number of carbonyl (C=O) groups excluding carboxylic acids is 1. The first kappa shape index (κ1) is 18.0. The Balaban J connectivity index is 1.75. The molecule has 6 heteroatoms. The number of hydrogen-bond acceptors (Lipinski definition) is 5. The first-order chi connectivity index (χ1) is 13.2. The van der Waals surface area contributed by atoms with Crippen LogP contribution in [0.15, 0.2) is 35.5 Å². The predicted octanol–water partition coefficient (Wildman–Crippen LogP) is 3.01. The molecular weight excluding hydrogens is 344 g/mol. The molecule has 1 fully saturated rings. The van der Waals surface area contributed by atoms with Crippen molar-refractivity contribution in [2.24, 2.45) is 16.9 Å². The van der Waals surface area contributed by atoms with E-state index >= 15 is 0 Å². The highest BCUT2D eigenvalue weighted by molar-refractivity contribution is 6.07. The number of hydrazone groups is 1. The van der Waals surface area contributed by atoms with Crippen LogP contribution >= 0.6 is 0 Å². The molecule has 0 spiro atoms. The van der Waals surface area contributed by atoms with Crippen molar-refractivity contribution in [2.45, 2.75) is 31.7 Å². The summed E-state index contributed by atoms with van der Waals surface area (Å²) in [4.78, 5) is 13.2. The van der Waals surface area contributed by atoms with E-state index in [0.29, 0.717) is 24.7 Å². The maximum Gasteiger partial charge on any atom is 0.247 e. The van der Waals surface area contributed by atoms with E-state index in [-0.39, 0.29) is 23.8 Å². The largest absolute Gasteiger partial charge is 0.493 e.